The first kappa shape index (κ1) is 11.6. The molecule has 0 heterocycles. The van der Waals surface area contributed by atoms with E-state index in [1.807, 2.05) is 50.2 Å². The summed E-state index contributed by atoms with van der Waals surface area (Å²) in [6, 6.07) is 7.97. The fourth-order valence-corrected chi connectivity index (χ4v) is 1.08. The molecule has 0 atom stereocenters. The first-order valence-corrected chi connectivity index (χ1v) is 4.95. The van der Waals surface area contributed by atoms with Gasteiger partial charge in [0.2, 0.25) is 0 Å². The van der Waals surface area contributed by atoms with E-state index in [0.717, 1.165) is 11.6 Å². The molecule has 0 N–H and O–H groups in total. The maximum atomic E-state index is 5.09. The van der Waals surface area contributed by atoms with Crippen molar-refractivity contribution in [3.05, 3.63) is 29.8 Å². The monoisotopic (exact) mass is 206 g/mol. The molecule has 0 aliphatic heterocycles. The van der Waals surface area contributed by atoms with Crippen LogP contribution in [0.5, 0.6) is 5.75 Å². The first-order valence-electron chi connectivity index (χ1n) is 4.95. The van der Waals surface area contributed by atoms with E-state index in [1.54, 1.807) is 7.11 Å². The Bertz CT molecular complexity index is 328. The van der Waals surface area contributed by atoms with Crippen LogP contribution in [0.4, 0.5) is 0 Å². The lowest BCUT2D eigenvalue weighted by Gasteiger charge is -2.11. The van der Waals surface area contributed by atoms with Gasteiger partial charge in [0, 0.05) is 14.1 Å². The van der Waals surface area contributed by atoms with Crippen molar-refractivity contribution in [3.63, 3.8) is 0 Å². The van der Waals surface area contributed by atoms with Gasteiger partial charge in [0.25, 0.3) is 0 Å². The van der Waals surface area contributed by atoms with E-state index in [1.165, 1.54) is 5.56 Å². The largest absolute Gasteiger partial charge is 0.497 e. The lowest BCUT2D eigenvalue weighted by Crippen LogP contribution is -2.18. The van der Waals surface area contributed by atoms with E-state index in [0.29, 0.717) is 6.54 Å². The Labute approximate surface area is 91.4 Å². The molecule has 3 heteroatoms. The van der Waals surface area contributed by atoms with Crippen molar-refractivity contribution >= 4 is 5.84 Å². The Morgan fingerprint density at radius 2 is 1.87 bits per heavy atom. The van der Waals surface area contributed by atoms with Crippen LogP contribution in [-0.2, 0) is 6.54 Å². The molecule has 1 aromatic rings. The van der Waals surface area contributed by atoms with Gasteiger partial charge >= 0.3 is 0 Å². The van der Waals surface area contributed by atoms with Gasteiger partial charge in [0.15, 0.2) is 0 Å². The van der Waals surface area contributed by atoms with Gasteiger partial charge in [-0.2, -0.15) is 0 Å². The number of aliphatic imine (C=N–C) groups is 1. The number of amidine groups is 1. The fraction of sp³-hybridized carbons (Fsp3) is 0.417. The Morgan fingerprint density at radius 3 is 2.33 bits per heavy atom. The summed E-state index contributed by atoms with van der Waals surface area (Å²) in [5, 5.41) is 0. The third-order valence-corrected chi connectivity index (χ3v) is 2.30. The van der Waals surface area contributed by atoms with Gasteiger partial charge in [-0.15, -0.1) is 0 Å². The summed E-state index contributed by atoms with van der Waals surface area (Å²) in [5.74, 6) is 1.91. The number of ether oxygens (including phenoxy) is 1. The molecule has 0 spiro atoms. The van der Waals surface area contributed by atoms with Crippen LogP contribution >= 0.6 is 0 Å². The minimum atomic E-state index is 0.716. The van der Waals surface area contributed by atoms with Crippen LogP contribution in [-0.4, -0.2) is 31.9 Å². The van der Waals surface area contributed by atoms with Gasteiger partial charge in [-0.1, -0.05) is 12.1 Å². The van der Waals surface area contributed by atoms with Crippen LogP contribution in [0.25, 0.3) is 0 Å². The van der Waals surface area contributed by atoms with Gasteiger partial charge < -0.3 is 9.64 Å². The van der Waals surface area contributed by atoms with E-state index in [-0.39, 0.29) is 0 Å². The summed E-state index contributed by atoms with van der Waals surface area (Å²) in [4.78, 5) is 6.45. The molecule has 0 aliphatic rings. The van der Waals surface area contributed by atoms with Crippen LogP contribution in [0.15, 0.2) is 29.3 Å². The van der Waals surface area contributed by atoms with Crippen molar-refractivity contribution in [1.29, 1.82) is 0 Å². The van der Waals surface area contributed by atoms with Crippen LogP contribution in [0.1, 0.15) is 12.5 Å². The highest BCUT2D eigenvalue weighted by Crippen LogP contribution is 2.11. The molecule has 0 aliphatic carbocycles. The second-order valence-corrected chi connectivity index (χ2v) is 3.61. The zero-order valence-corrected chi connectivity index (χ0v) is 9.82. The molecule has 0 bridgehead atoms. The number of methoxy groups -OCH3 is 1. The number of nitrogens with zero attached hydrogens (tertiary/aromatic N) is 2. The van der Waals surface area contributed by atoms with Crippen molar-refractivity contribution in [1.82, 2.24) is 4.90 Å². The summed E-state index contributed by atoms with van der Waals surface area (Å²) in [6.07, 6.45) is 0. The van der Waals surface area contributed by atoms with Crippen LogP contribution in [0, 0.1) is 0 Å². The predicted molar refractivity (Wildman–Crippen MR) is 63.5 cm³/mol. The van der Waals surface area contributed by atoms with Crippen molar-refractivity contribution in [3.8, 4) is 5.75 Å². The Hall–Kier alpha value is -1.51. The molecule has 82 valence electrons. The number of hydrogen-bond acceptors (Lipinski definition) is 2. The van der Waals surface area contributed by atoms with E-state index >= 15 is 0 Å². The second-order valence-electron chi connectivity index (χ2n) is 3.61. The summed E-state index contributed by atoms with van der Waals surface area (Å²) >= 11 is 0. The molecule has 1 rings (SSSR count). The molecule has 0 saturated carbocycles. The van der Waals surface area contributed by atoms with E-state index < -0.39 is 0 Å². The number of benzene rings is 1. The summed E-state index contributed by atoms with van der Waals surface area (Å²) < 4.78 is 5.09. The molecule has 0 amide bonds. The van der Waals surface area contributed by atoms with Gasteiger partial charge in [0.05, 0.1) is 19.5 Å². The van der Waals surface area contributed by atoms with Gasteiger partial charge in [-0.05, 0) is 24.6 Å². The van der Waals surface area contributed by atoms with Crippen LogP contribution in [0.3, 0.4) is 0 Å². The SMILES string of the molecule is COc1ccc(CN=C(C)N(C)C)cc1. The predicted octanol–water partition coefficient (Wildman–Crippen LogP) is 2.18. The zero-order valence-electron chi connectivity index (χ0n) is 9.82. The summed E-state index contributed by atoms with van der Waals surface area (Å²) in [7, 11) is 5.66. The van der Waals surface area contributed by atoms with E-state index in [9.17, 15) is 0 Å². The minimum absolute atomic E-state index is 0.716. The first-order chi connectivity index (χ1) is 7.13. The molecule has 0 fully saturated rings. The lowest BCUT2D eigenvalue weighted by molar-refractivity contribution is 0.414. The third-order valence-electron chi connectivity index (χ3n) is 2.30. The van der Waals surface area contributed by atoms with E-state index in [4.69, 9.17) is 4.74 Å². The second kappa shape index (κ2) is 5.39. The quantitative estimate of drug-likeness (QED) is 0.559. The van der Waals surface area contributed by atoms with Crippen LogP contribution in [0.2, 0.25) is 0 Å². The molecular weight excluding hydrogens is 188 g/mol. The molecule has 1 aromatic carbocycles. The highest BCUT2D eigenvalue weighted by molar-refractivity contribution is 5.79. The molecule has 0 unspecified atom stereocenters. The highest BCUT2D eigenvalue weighted by Gasteiger charge is 1.95. The maximum absolute atomic E-state index is 5.09. The normalized spacial score (nSPS) is 11.3. The Morgan fingerprint density at radius 1 is 1.27 bits per heavy atom. The summed E-state index contributed by atoms with van der Waals surface area (Å²) in [5.41, 5.74) is 1.19. The Kier molecular flexibility index (Phi) is 4.16. The molecule has 15 heavy (non-hydrogen) atoms. The lowest BCUT2D eigenvalue weighted by atomic mass is 10.2. The van der Waals surface area contributed by atoms with Crippen molar-refractivity contribution in [2.75, 3.05) is 21.2 Å². The molecule has 0 radical (unpaired) electrons. The number of rotatable bonds is 3. The van der Waals surface area contributed by atoms with Gasteiger partial charge in [-0.3, -0.25) is 4.99 Å². The molecule has 0 aromatic heterocycles. The van der Waals surface area contributed by atoms with Crippen molar-refractivity contribution in [2.24, 2.45) is 4.99 Å². The summed E-state index contributed by atoms with van der Waals surface area (Å²) in [6.45, 7) is 2.72. The fourth-order valence-electron chi connectivity index (χ4n) is 1.08. The van der Waals surface area contributed by atoms with Gasteiger partial charge in [-0.25, -0.2) is 0 Å². The van der Waals surface area contributed by atoms with E-state index in [2.05, 4.69) is 4.99 Å². The molecule has 0 saturated heterocycles. The average molecular weight is 206 g/mol. The molecule has 3 nitrogen and oxygen atoms in total. The van der Waals surface area contributed by atoms with Gasteiger partial charge in [0.1, 0.15) is 5.75 Å². The molecular formula is C12H18N2O. The number of hydrogen-bond donors (Lipinski definition) is 0. The Balaban J connectivity index is 2.62. The highest BCUT2D eigenvalue weighted by atomic mass is 16.5. The standard InChI is InChI=1S/C12H18N2O/c1-10(14(2)3)13-9-11-5-7-12(15-4)8-6-11/h5-8H,9H2,1-4H3. The smallest absolute Gasteiger partial charge is 0.118 e. The van der Waals surface area contributed by atoms with Crippen LogP contribution < -0.4 is 4.74 Å². The maximum Gasteiger partial charge on any atom is 0.118 e. The minimum Gasteiger partial charge on any atom is -0.497 e. The van der Waals surface area contributed by atoms with Crippen molar-refractivity contribution in [2.45, 2.75) is 13.5 Å². The topological polar surface area (TPSA) is 24.8 Å². The van der Waals surface area contributed by atoms with Crippen molar-refractivity contribution < 1.29 is 4.74 Å². The average Bonchev–Trinajstić information content (AvgIpc) is 2.26. The zero-order chi connectivity index (χ0) is 11.3. The third kappa shape index (κ3) is 3.62.